The summed E-state index contributed by atoms with van der Waals surface area (Å²) in [6, 6.07) is 1.91. The van der Waals surface area contributed by atoms with Crippen molar-refractivity contribution in [2.24, 2.45) is 9.98 Å². The van der Waals surface area contributed by atoms with E-state index < -0.39 is 0 Å². The number of aliphatic imine (C=N–C) groups is 2. The molecule has 0 saturated carbocycles. The van der Waals surface area contributed by atoms with Crippen LogP contribution in [0.1, 0.15) is 0 Å². The Morgan fingerprint density at radius 2 is 2.30 bits per heavy atom. The van der Waals surface area contributed by atoms with E-state index in [1.165, 1.54) is 12.4 Å². The van der Waals surface area contributed by atoms with Gasteiger partial charge in [-0.25, -0.2) is 4.99 Å². The van der Waals surface area contributed by atoms with Gasteiger partial charge in [-0.3, -0.25) is 4.99 Å². The van der Waals surface area contributed by atoms with Gasteiger partial charge in [0.1, 0.15) is 11.8 Å². The van der Waals surface area contributed by atoms with E-state index in [1.807, 2.05) is 6.07 Å². The third-order valence-corrected chi connectivity index (χ3v) is 0.905. The molecule has 1 heterocycles. The minimum absolute atomic E-state index is 0.369. The Balaban J connectivity index is 2.86. The second kappa shape index (κ2) is 3.36. The molecule has 10 heavy (non-hydrogen) atoms. The quantitative estimate of drug-likeness (QED) is 0.485. The Kier molecular flexibility index (Phi) is 2.16. The predicted octanol–water partition coefficient (Wildman–Crippen LogP) is 1.06. The van der Waals surface area contributed by atoms with Gasteiger partial charge in [0, 0.05) is 18.6 Å². The molecule has 0 fully saturated rings. The number of rotatable bonds is 0. The van der Waals surface area contributed by atoms with E-state index in [9.17, 15) is 0 Å². The molecular weight excluding hydrogens is 126 g/mol. The lowest BCUT2D eigenvalue weighted by Crippen LogP contribution is -1.77. The van der Waals surface area contributed by atoms with Gasteiger partial charge in [-0.05, 0) is 12.2 Å². The average molecular weight is 131 g/mol. The van der Waals surface area contributed by atoms with Gasteiger partial charge in [-0.1, -0.05) is 0 Å². The highest BCUT2D eigenvalue weighted by atomic mass is 14.7. The molecule has 0 unspecified atom stereocenters. The van der Waals surface area contributed by atoms with E-state index in [2.05, 4.69) is 9.98 Å². The molecule has 0 aromatic rings. The van der Waals surface area contributed by atoms with Crippen LogP contribution in [0.15, 0.2) is 34.0 Å². The standard InChI is InChI=1S/C7H5N3/c8-6-7-2-5-9-3-1-4-10-7/h1-5H. The van der Waals surface area contributed by atoms with Crippen molar-refractivity contribution in [3.63, 3.8) is 0 Å². The summed E-state index contributed by atoms with van der Waals surface area (Å²) in [4.78, 5) is 7.60. The maximum absolute atomic E-state index is 8.39. The zero-order valence-corrected chi connectivity index (χ0v) is 5.23. The minimum Gasteiger partial charge on any atom is -0.265 e. The number of nitriles is 1. The Labute approximate surface area is 58.7 Å². The summed E-state index contributed by atoms with van der Waals surface area (Å²) in [6.07, 6.45) is 7.89. The molecule has 1 rings (SSSR count). The second-order valence-corrected chi connectivity index (χ2v) is 1.58. The van der Waals surface area contributed by atoms with Crippen molar-refractivity contribution in [3.8, 4) is 6.07 Å². The third-order valence-electron chi connectivity index (χ3n) is 0.905. The smallest absolute Gasteiger partial charge is 0.141 e. The first-order valence-corrected chi connectivity index (χ1v) is 2.76. The maximum atomic E-state index is 8.39. The average Bonchev–Trinajstić information content (AvgIpc) is 1.87. The van der Waals surface area contributed by atoms with Gasteiger partial charge in [-0.15, -0.1) is 0 Å². The van der Waals surface area contributed by atoms with Crippen LogP contribution in [-0.4, -0.2) is 12.4 Å². The lowest BCUT2D eigenvalue weighted by molar-refractivity contribution is 1.39. The fraction of sp³-hybridized carbons (Fsp3) is 0. The van der Waals surface area contributed by atoms with Crippen LogP contribution in [0.2, 0.25) is 0 Å². The molecule has 0 N–H and O–H groups in total. The van der Waals surface area contributed by atoms with Gasteiger partial charge in [0.05, 0.1) is 0 Å². The highest BCUT2D eigenvalue weighted by molar-refractivity contribution is 5.79. The molecule has 0 spiro atoms. The van der Waals surface area contributed by atoms with Crippen LogP contribution in [0, 0.1) is 11.3 Å². The fourth-order valence-electron chi connectivity index (χ4n) is 0.484. The minimum atomic E-state index is 0.369. The van der Waals surface area contributed by atoms with Gasteiger partial charge < -0.3 is 0 Å². The van der Waals surface area contributed by atoms with Gasteiger partial charge in [0.2, 0.25) is 0 Å². The molecule has 0 aromatic carbocycles. The molecule has 0 bridgehead atoms. The normalized spacial score (nSPS) is 15.3. The summed E-state index contributed by atoms with van der Waals surface area (Å²) in [5.41, 5.74) is 0.369. The first-order valence-electron chi connectivity index (χ1n) is 2.76. The molecule has 3 heteroatoms. The summed E-state index contributed by atoms with van der Waals surface area (Å²) in [5, 5.41) is 8.39. The highest BCUT2D eigenvalue weighted by Crippen LogP contribution is 1.93. The van der Waals surface area contributed by atoms with Crippen LogP contribution in [0.5, 0.6) is 0 Å². The van der Waals surface area contributed by atoms with E-state index in [0.29, 0.717) is 5.70 Å². The highest BCUT2D eigenvalue weighted by Gasteiger charge is 1.85. The van der Waals surface area contributed by atoms with Crippen molar-refractivity contribution in [1.82, 2.24) is 0 Å². The molecule has 0 atom stereocenters. The van der Waals surface area contributed by atoms with Crippen LogP contribution in [0.4, 0.5) is 0 Å². The molecule has 3 nitrogen and oxygen atoms in total. The summed E-state index contributed by atoms with van der Waals surface area (Å²) in [6.45, 7) is 0. The number of allylic oxidation sites excluding steroid dienone is 3. The monoisotopic (exact) mass is 131 g/mol. The Hall–Kier alpha value is -1.69. The largest absolute Gasteiger partial charge is 0.265 e. The van der Waals surface area contributed by atoms with E-state index in [0.717, 1.165) is 0 Å². The van der Waals surface area contributed by atoms with E-state index in [4.69, 9.17) is 5.26 Å². The molecule has 48 valence electrons. The Morgan fingerprint density at radius 3 is 3.10 bits per heavy atom. The van der Waals surface area contributed by atoms with Crippen molar-refractivity contribution in [2.45, 2.75) is 0 Å². The van der Waals surface area contributed by atoms with Crippen molar-refractivity contribution in [2.75, 3.05) is 0 Å². The second-order valence-electron chi connectivity index (χ2n) is 1.58. The molecule has 0 amide bonds. The van der Waals surface area contributed by atoms with Crippen molar-refractivity contribution in [1.29, 1.82) is 5.26 Å². The maximum Gasteiger partial charge on any atom is 0.141 e. The molecule has 0 aromatic heterocycles. The summed E-state index contributed by atoms with van der Waals surface area (Å²) >= 11 is 0. The van der Waals surface area contributed by atoms with Crippen LogP contribution >= 0.6 is 0 Å². The van der Waals surface area contributed by atoms with E-state index in [1.54, 1.807) is 18.4 Å². The van der Waals surface area contributed by atoms with Gasteiger partial charge >= 0.3 is 0 Å². The molecule has 1 aliphatic heterocycles. The van der Waals surface area contributed by atoms with Crippen LogP contribution in [0.25, 0.3) is 0 Å². The molecule has 1 aliphatic rings. The first kappa shape index (κ1) is 6.43. The fourth-order valence-corrected chi connectivity index (χ4v) is 0.484. The van der Waals surface area contributed by atoms with E-state index in [-0.39, 0.29) is 0 Å². The Bertz CT molecular complexity index is 263. The first-order chi connectivity index (χ1) is 4.93. The van der Waals surface area contributed by atoms with E-state index >= 15 is 0 Å². The Morgan fingerprint density at radius 1 is 1.40 bits per heavy atom. The number of hydrogen-bond acceptors (Lipinski definition) is 3. The topological polar surface area (TPSA) is 48.5 Å². The SMILES string of the molecule is N#CC1=CC=NC=CC=N1. The zero-order valence-electron chi connectivity index (χ0n) is 5.23. The van der Waals surface area contributed by atoms with Gasteiger partial charge in [0.25, 0.3) is 0 Å². The van der Waals surface area contributed by atoms with Gasteiger partial charge in [0.15, 0.2) is 0 Å². The molecule has 0 saturated heterocycles. The number of nitrogens with zero attached hydrogens (tertiary/aromatic N) is 3. The lowest BCUT2D eigenvalue weighted by Gasteiger charge is -1.84. The third kappa shape index (κ3) is 1.67. The van der Waals surface area contributed by atoms with Crippen LogP contribution < -0.4 is 0 Å². The number of hydrogen-bond donors (Lipinski definition) is 0. The predicted molar refractivity (Wildman–Crippen MR) is 39.8 cm³/mol. The zero-order chi connectivity index (χ0) is 7.23. The van der Waals surface area contributed by atoms with Crippen LogP contribution in [-0.2, 0) is 0 Å². The summed E-state index contributed by atoms with van der Waals surface area (Å²) < 4.78 is 0. The van der Waals surface area contributed by atoms with Gasteiger partial charge in [-0.2, -0.15) is 5.26 Å². The molecule has 0 radical (unpaired) electrons. The van der Waals surface area contributed by atoms with Crippen molar-refractivity contribution >= 4 is 12.4 Å². The summed E-state index contributed by atoms with van der Waals surface area (Å²) in [7, 11) is 0. The van der Waals surface area contributed by atoms with Crippen LogP contribution in [0.3, 0.4) is 0 Å². The summed E-state index contributed by atoms with van der Waals surface area (Å²) in [5.74, 6) is 0. The lowest BCUT2D eigenvalue weighted by atomic mass is 10.4. The molecular formula is C7H5N3. The van der Waals surface area contributed by atoms with Crippen molar-refractivity contribution < 1.29 is 0 Å². The van der Waals surface area contributed by atoms with Crippen molar-refractivity contribution in [3.05, 3.63) is 24.0 Å². The molecule has 0 aliphatic carbocycles.